The van der Waals surface area contributed by atoms with Gasteiger partial charge < -0.3 is 5.32 Å². The Bertz CT molecular complexity index is 608. The molecule has 4 heteroatoms. The Labute approximate surface area is 108 Å². The molecule has 1 aromatic heterocycles. The fraction of sp³-hybridized carbons (Fsp3) is 0.308. The molecule has 0 amide bonds. The Hall–Kier alpha value is -1.16. The van der Waals surface area contributed by atoms with Gasteiger partial charge in [0.05, 0.1) is 21.1 Å². The smallest absolute Gasteiger partial charge is 0.148 e. The summed E-state index contributed by atoms with van der Waals surface area (Å²) < 4.78 is 14.7. The van der Waals surface area contributed by atoms with Gasteiger partial charge in [0.2, 0.25) is 0 Å². The van der Waals surface area contributed by atoms with Crippen LogP contribution < -0.4 is 5.32 Å². The first kappa shape index (κ1) is 12.3. The summed E-state index contributed by atoms with van der Waals surface area (Å²) in [5, 5.41) is 3.63. The second kappa shape index (κ2) is 4.26. The fourth-order valence-electron chi connectivity index (χ4n) is 2.05. The van der Waals surface area contributed by atoms with Gasteiger partial charge in [0.1, 0.15) is 5.82 Å². The number of hydrogen-bond acceptors (Lipinski definition) is 2. The van der Waals surface area contributed by atoms with Gasteiger partial charge in [0.15, 0.2) is 0 Å². The van der Waals surface area contributed by atoms with Crippen molar-refractivity contribution in [2.45, 2.75) is 20.8 Å². The van der Waals surface area contributed by atoms with Gasteiger partial charge in [-0.2, -0.15) is 0 Å². The molecule has 90 valence electrons. The summed E-state index contributed by atoms with van der Waals surface area (Å²) in [6, 6.07) is 1.76. The van der Waals surface area contributed by atoms with E-state index in [0.29, 0.717) is 9.86 Å². The topological polar surface area (TPSA) is 24.9 Å². The number of benzene rings is 1. The minimum absolute atomic E-state index is 0.259. The van der Waals surface area contributed by atoms with Crippen LogP contribution >= 0.6 is 15.9 Å². The molecule has 0 fully saturated rings. The van der Waals surface area contributed by atoms with Crippen LogP contribution in [-0.4, -0.2) is 12.0 Å². The van der Waals surface area contributed by atoms with Crippen molar-refractivity contribution in [3.63, 3.8) is 0 Å². The van der Waals surface area contributed by atoms with Gasteiger partial charge in [-0.25, -0.2) is 4.39 Å². The Morgan fingerprint density at radius 3 is 2.53 bits per heavy atom. The highest BCUT2D eigenvalue weighted by Gasteiger charge is 2.16. The first-order chi connectivity index (χ1) is 7.97. The number of aryl methyl sites for hydroxylation is 2. The van der Waals surface area contributed by atoms with Crippen LogP contribution in [0.2, 0.25) is 0 Å². The molecule has 0 atom stereocenters. The third-order valence-electron chi connectivity index (χ3n) is 3.08. The van der Waals surface area contributed by atoms with E-state index in [0.717, 1.165) is 28.0 Å². The Balaban J connectivity index is 3.06. The van der Waals surface area contributed by atoms with Crippen molar-refractivity contribution in [3.8, 4) is 0 Å². The van der Waals surface area contributed by atoms with Gasteiger partial charge in [-0.3, -0.25) is 4.98 Å². The molecule has 2 aromatic rings. The lowest BCUT2D eigenvalue weighted by Crippen LogP contribution is -2.01. The second-order valence-corrected chi connectivity index (χ2v) is 5.01. The molecule has 1 N–H and O–H groups in total. The molecule has 1 aromatic carbocycles. The first-order valence-corrected chi connectivity index (χ1v) is 6.20. The highest BCUT2D eigenvalue weighted by atomic mass is 79.9. The molecule has 0 aliphatic rings. The highest BCUT2D eigenvalue weighted by molar-refractivity contribution is 9.10. The number of hydrogen-bond donors (Lipinski definition) is 1. The molecule has 0 radical (unpaired) electrons. The molecule has 0 unspecified atom stereocenters. The minimum Gasteiger partial charge on any atom is -0.387 e. The van der Waals surface area contributed by atoms with Gasteiger partial charge in [-0.05, 0) is 53.9 Å². The number of fused-ring (bicyclic) bond motifs is 1. The predicted octanol–water partition coefficient (Wildman–Crippen LogP) is 4.10. The quantitative estimate of drug-likeness (QED) is 0.857. The van der Waals surface area contributed by atoms with Gasteiger partial charge in [0.25, 0.3) is 0 Å². The Morgan fingerprint density at radius 1 is 1.29 bits per heavy atom. The average molecular weight is 297 g/mol. The minimum atomic E-state index is -0.259. The third-order valence-corrected chi connectivity index (χ3v) is 3.66. The maximum absolute atomic E-state index is 14.2. The van der Waals surface area contributed by atoms with Crippen LogP contribution in [0.25, 0.3) is 10.9 Å². The van der Waals surface area contributed by atoms with Gasteiger partial charge in [0, 0.05) is 12.7 Å². The average Bonchev–Trinajstić information content (AvgIpc) is 2.28. The van der Waals surface area contributed by atoms with E-state index in [1.165, 1.54) is 0 Å². The molecule has 1 heterocycles. The van der Waals surface area contributed by atoms with Crippen LogP contribution in [0.4, 0.5) is 10.1 Å². The lowest BCUT2D eigenvalue weighted by Gasteiger charge is -2.14. The molecule has 0 aliphatic heterocycles. The van der Waals surface area contributed by atoms with E-state index < -0.39 is 0 Å². The van der Waals surface area contributed by atoms with Crippen LogP contribution in [0.1, 0.15) is 16.8 Å². The number of halogens is 2. The van der Waals surface area contributed by atoms with Crippen LogP contribution in [0.5, 0.6) is 0 Å². The number of rotatable bonds is 1. The largest absolute Gasteiger partial charge is 0.387 e. The normalized spacial score (nSPS) is 10.9. The summed E-state index contributed by atoms with van der Waals surface area (Å²) in [4.78, 5) is 4.48. The summed E-state index contributed by atoms with van der Waals surface area (Å²) in [5.41, 5.74) is 4.41. The van der Waals surface area contributed by atoms with Crippen molar-refractivity contribution in [1.29, 1.82) is 0 Å². The van der Waals surface area contributed by atoms with E-state index in [1.807, 2.05) is 20.8 Å². The second-order valence-electron chi connectivity index (χ2n) is 4.16. The molecule has 0 saturated heterocycles. The SMILES string of the molecule is CNc1c(C)c(C)nc2c(C)cc(Br)c(F)c12. The van der Waals surface area contributed by atoms with Gasteiger partial charge >= 0.3 is 0 Å². The number of aromatic nitrogens is 1. The summed E-state index contributed by atoms with van der Waals surface area (Å²) in [5.74, 6) is -0.259. The number of pyridine rings is 1. The number of nitrogens with one attached hydrogen (secondary N) is 1. The standard InChI is InChI=1S/C13H14BrFN2/c1-6-5-9(14)11(15)10-12(6)17-8(3)7(2)13(10)16-4/h5H,1-4H3,(H,16,17). The zero-order valence-corrected chi connectivity index (χ0v) is 11.9. The molecule has 2 rings (SSSR count). The molecule has 0 aliphatic carbocycles. The highest BCUT2D eigenvalue weighted by Crippen LogP contribution is 2.34. The predicted molar refractivity (Wildman–Crippen MR) is 73.2 cm³/mol. The molecule has 0 spiro atoms. The Kier molecular flexibility index (Phi) is 3.08. The summed E-state index contributed by atoms with van der Waals surface area (Å²) in [6.07, 6.45) is 0. The van der Waals surface area contributed by atoms with Gasteiger partial charge in [-0.15, -0.1) is 0 Å². The maximum atomic E-state index is 14.2. The Morgan fingerprint density at radius 2 is 1.94 bits per heavy atom. The number of nitrogens with zero attached hydrogens (tertiary/aromatic N) is 1. The summed E-state index contributed by atoms with van der Waals surface area (Å²) in [7, 11) is 1.80. The van der Waals surface area contributed by atoms with E-state index in [2.05, 4.69) is 26.2 Å². The molecule has 0 bridgehead atoms. The van der Waals surface area contributed by atoms with Crippen molar-refractivity contribution in [2.24, 2.45) is 0 Å². The molecule has 17 heavy (non-hydrogen) atoms. The fourth-order valence-corrected chi connectivity index (χ4v) is 2.59. The van der Waals surface area contributed by atoms with Crippen LogP contribution in [0, 0.1) is 26.6 Å². The van der Waals surface area contributed by atoms with Gasteiger partial charge in [-0.1, -0.05) is 0 Å². The van der Waals surface area contributed by atoms with E-state index in [9.17, 15) is 4.39 Å². The van der Waals surface area contributed by atoms with E-state index in [4.69, 9.17) is 0 Å². The zero-order valence-electron chi connectivity index (χ0n) is 10.3. The molecule has 2 nitrogen and oxygen atoms in total. The van der Waals surface area contributed by atoms with Crippen molar-refractivity contribution in [3.05, 3.63) is 33.2 Å². The summed E-state index contributed by atoms with van der Waals surface area (Å²) >= 11 is 3.24. The first-order valence-electron chi connectivity index (χ1n) is 5.40. The monoisotopic (exact) mass is 296 g/mol. The van der Waals surface area contributed by atoms with Crippen molar-refractivity contribution in [1.82, 2.24) is 4.98 Å². The zero-order chi connectivity index (χ0) is 12.7. The maximum Gasteiger partial charge on any atom is 0.148 e. The van der Waals surface area contributed by atoms with Crippen molar-refractivity contribution < 1.29 is 4.39 Å². The van der Waals surface area contributed by atoms with E-state index in [1.54, 1.807) is 13.1 Å². The molecule has 0 saturated carbocycles. The molecular formula is C13H14BrFN2. The lowest BCUT2D eigenvalue weighted by atomic mass is 10.0. The van der Waals surface area contributed by atoms with Crippen LogP contribution in [0.3, 0.4) is 0 Å². The van der Waals surface area contributed by atoms with Crippen LogP contribution in [0.15, 0.2) is 10.5 Å². The van der Waals surface area contributed by atoms with E-state index in [-0.39, 0.29) is 5.82 Å². The lowest BCUT2D eigenvalue weighted by molar-refractivity contribution is 0.633. The van der Waals surface area contributed by atoms with Crippen molar-refractivity contribution >= 4 is 32.5 Å². The molecular weight excluding hydrogens is 283 g/mol. The number of anilines is 1. The third kappa shape index (κ3) is 1.80. The van der Waals surface area contributed by atoms with Crippen LogP contribution in [-0.2, 0) is 0 Å². The van der Waals surface area contributed by atoms with Crippen molar-refractivity contribution in [2.75, 3.05) is 12.4 Å². The summed E-state index contributed by atoms with van der Waals surface area (Å²) in [6.45, 7) is 5.83. The van der Waals surface area contributed by atoms with E-state index >= 15 is 0 Å².